The molecular weight excluding hydrogens is 214 g/mol. The number of hydrogen-bond acceptors (Lipinski definition) is 3. The van der Waals surface area contributed by atoms with Gasteiger partial charge in [0.15, 0.2) is 0 Å². The van der Waals surface area contributed by atoms with Gasteiger partial charge in [-0.15, -0.1) is 0 Å². The van der Waals surface area contributed by atoms with Crippen LogP contribution in [0, 0.1) is 0 Å². The summed E-state index contributed by atoms with van der Waals surface area (Å²) in [5.41, 5.74) is 0.986. The predicted molar refractivity (Wildman–Crippen MR) is 59.0 cm³/mol. The van der Waals surface area contributed by atoms with Crippen molar-refractivity contribution in [3.05, 3.63) is 35.9 Å². The minimum absolute atomic E-state index is 0.0493. The van der Waals surface area contributed by atoms with Crippen LogP contribution in [0.1, 0.15) is 5.56 Å². The molecule has 84 valence electrons. The third kappa shape index (κ3) is 5.51. The van der Waals surface area contributed by atoms with Gasteiger partial charge < -0.3 is 5.11 Å². The topological polar surface area (TPSA) is 66.4 Å². The first kappa shape index (κ1) is 12.2. The van der Waals surface area contributed by atoms with Crippen molar-refractivity contribution in [2.45, 2.75) is 12.5 Å². The van der Waals surface area contributed by atoms with E-state index in [2.05, 4.69) is 4.72 Å². The van der Waals surface area contributed by atoms with Gasteiger partial charge in [0.2, 0.25) is 10.0 Å². The smallest absolute Gasteiger partial charge is 0.208 e. The fraction of sp³-hybridized carbons (Fsp3) is 0.400. The van der Waals surface area contributed by atoms with Crippen molar-refractivity contribution in [1.82, 2.24) is 4.72 Å². The average molecular weight is 229 g/mol. The van der Waals surface area contributed by atoms with Crippen LogP contribution in [0.3, 0.4) is 0 Å². The SMILES string of the molecule is CS(=O)(=O)NC[C@H](O)Cc1ccccc1. The molecule has 0 radical (unpaired) electrons. The zero-order valence-corrected chi connectivity index (χ0v) is 9.37. The van der Waals surface area contributed by atoms with Crippen LogP contribution in [0.5, 0.6) is 0 Å². The van der Waals surface area contributed by atoms with E-state index in [1.165, 1.54) is 0 Å². The van der Waals surface area contributed by atoms with Gasteiger partial charge in [-0.3, -0.25) is 0 Å². The van der Waals surface area contributed by atoms with E-state index >= 15 is 0 Å². The van der Waals surface area contributed by atoms with E-state index in [1.54, 1.807) is 0 Å². The number of aliphatic hydroxyl groups excluding tert-OH is 1. The van der Waals surface area contributed by atoms with Crippen molar-refractivity contribution in [2.75, 3.05) is 12.8 Å². The first-order valence-corrected chi connectivity index (χ1v) is 6.53. The van der Waals surface area contributed by atoms with Gasteiger partial charge in [-0.2, -0.15) is 0 Å². The van der Waals surface area contributed by atoms with Crippen LogP contribution in [0.15, 0.2) is 30.3 Å². The van der Waals surface area contributed by atoms with Crippen LogP contribution in [0.4, 0.5) is 0 Å². The molecule has 4 nitrogen and oxygen atoms in total. The molecule has 1 atom stereocenters. The molecule has 1 aromatic rings. The highest BCUT2D eigenvalue weighted by molar-refractivity contribution is 7.88. The van der Waals surface area contributed by atoms with Gasteiger partial charge in [0.25, 0.3) is 0 Å². The molecule has 0 aromatic heterocycles. The van der Waals surface area contributed by atoms with Crippen molar-refractivity contribution >= 4 is 10.0 Å². The van der Waals surface area contributed by atoms with Crippen molar-refractivity contribution in [2.24, 2.45) is 0 Å². The molecule has 0 aliphatic rings. The third-order valence-corrected chi connectivity index (χ3v) is 2.59. The quantitative estimate of drug-likeness (QED) is 0.754. The molecule has 0 unspecified atom stereocenters. The number of aliphatic hydroxyl groups is 1. The van der Waals surface area contributed by atoms with E-state index in [1.807, 2.05) is 30.3 Å². The van der Waals surface area contributed by atoms with Crippen molar-refractivity contribution in [3.8, 4) is 0 Å². The van der Waals surface area contributed by atoms with Gasteiger partial charge >= 0.3 is 0 Å². The first-order valence-electron chi connectivity index (χ1n) is 4.64. The van der Waals surface area contributed by atoms with E-state index in [9.17, 15) is 13.5 Å². The van der Waals surface area contributed by atoms with Crippen molar-refractivity contribution in [3.63, 3.8) is 0 Å². The molecule has 0 bridgehead atoms. The Morgan fingerprint density at radius 3 is 2.47 bits per heavy atom. The molecule has 0 aliphatic heterocycles. The van der Waals surface area contributed by atoms with E-state index in [-0.39, 0.29) is 6.54 Å². The largest absolute Gasteiger partial charge is 0.391 e. The summed E-state index contributed by atoms with van der Waals surface area (Å²) in [4.78, 5) is 0. The summed E-state index contributed by atoms with van der Waals surface area (Å²) in [6.45, 7) is 0.0493. The Morgan fingerprint density at radius 1 is 1.33 bits per heavy atom. The standard InChI is InChI=1S/C10H15NO3S/c1-15(13,14)11-8-10(12)7-9-5-3-2-4-6-9/h2-6,10-12H,7-8H2,1H3/t10-/m1/s1. The number of hydrogen-bond donors (Lipinski definition) is 2. The van der Waals surface area contributed by atoms with Crippen LogP contribution in [0.25, 0.3) is 0 Å². The lowest BCUT2D eigenvalue weighted by Crippen LogP contribution is -2.32. The molecule has 15 heavy (non-hydrogen) atoms. The highest BCUT2D eigenvalue weighted by atomic mass is 32.2. The van der Waals surface area contributed by atoms with Gasteiger partial charge in [0.1, 0.15) is 0 Å². The summed E-state index contributed by atoms with van der Waals surface area (Å²) < 4.78 is 23.8. The zero-order chi connectivity index (χ0) is 11.3. The second kappa shape index (κ2) is 5.25. The molecule has 5 heteroatoms. The van der Waals surface area contributed by atoms with Crippen molar-refractivity contribution < 1.29 is 13.5 Å². The molecule has 2 N–H and O–H groups in total. The normalized spacial score (nSPS) is 13.7. The Hall–Kier alpha value is -0.910. The summed E-state index contributed by atoms with van der Waals surface area (Å²) >= 11 is 0. The van der Waals surface area contributed by atoms with Gasteiger partial charge in [-0.25, -0.2) is 13.1 Å². The second-order valence-corrected chi connectivity index (χ2v) is 5.30. The summed E-state index contributed by atoms with van der Waals surface area (Å²) in [5, 5.41) is 9.54. The summed E-state index contributed by atoms with van der Waals surface area (Å²) in [6, 6.07) is 9.44. The number of rotatable bonds is 5. The number of nitrogens with one attached hydrogen (secondary N) is 1. The highest BCUT2D eigenvalue weighted by Crippen LogP contribution is 2.02. The lowest BCUT2D eigenvalue weighted by Gasteiger charge is -2.10. The summed E-state index contributed by atoms with van der Waals surface area (Å²) in [6.07, 6.45) is 0.827. The molecule has 0 fully saturated rings. The molecule has 0 spiro atoms. The number of sulfonamides is 1. The van der Waals surface area contributed by atoms with Gasteiger partial charge in [-0.1, -0.05) is 30.3 Å². The van der Waals surface area contributed by atoms with Crippen LogP contribution in [-0.2, 0) is 16.4 Å². The highest BCUT2D eigenvalue weighted by Gasteiger charge is 2.08. The first-order chi connectivity index (χ1) is 6.97. The fourth-order valence-corrected chi connectivity index (χ4v) is 1.70. The van der Waals surface area contributed by atoms with Crippen molar-refractivity contribution in [1.29, 1.82) is 0 Å². The van der Waals surface area contributed by atoms with E-state index in [4.69, 9.17) is 0 Å². The zero-order valence-electron chi connectivity index (χ0n) is 8.55. The Morgan fingerprint density at radius 2 is 1.93 bits per heavy atom. The molecule has 0 aliphatic carbocycles. The Balaban J connectivity index is 2.40. The lowest BCUT2D eigenvalue weighted by atomic mass is 10.1. The van der Waals surface area contributed by atoms with E-state index in [0.29, 0.717) is 6.42 Å². The maximum atomic E-state index is 10.8. The predicted octanol–water partition coefficient (Wildman–Crippen LogP) is 0.139. The molecule has 0 heterocycles. The molecule has 0 amide bonds. The minimum atomic E-state index is -3.22. The maximum Gasteiger partial charge on any atom is 0.208 e. The van der Waals surface area contributed by atoms with Crippen LogP contribution in [0.2, 0.25) is 0 Å². The van der Waals surface area contributed by atoms with Crippen LogP contribution in [-0.4, -0.2) is 32.4 Å². The Labute approximate surface area is 90.0 Å². The Bertz CT molecular complexity index is 388. The lowest BCUT2D eigenvalue weighted by molar-refractivity contribution is 0.179. The molecular formula is C10H15NO3S. The third-order valence-electron chi connectivity index (χ3n) is 1.90. The van der Waals surface area contributed by atoms with E-state index in [0.717, 1.165) is 11.8 Å². The minimum Gasteiger partial charge on any atom is -0.391 e. The van der Waals surface area contributed by atoms with Crippen LogP contribution >= 0.6 is 0 Å². The Kier molecular flexibility index (Phi) is 4.26. The van der Waals surface area contributed by atoms with Gasteiger partial charge in [-0.05, 0) is 12.0 Å². The molecule has 0 saturated carbocycles. The molecule has 0 saturated heterocycles. The average Bonchev–Trinajstić information content (AvgIpc) is 2.15. The van der Waals surface area contributed by atoms with Gasteiger partial charge in [0.05, 0.1) is 12.4 Å². The van der Waals surface area contributed by atoms with Crippen LogP contribution < -0.4 is 4.72 Å². The van der Waals surface area contributed by atoms with E-state index < -0.39 is 16.1 Å². The molecule has 1 rings (SSSR count). The second-order valence-electron chi connectivity index (χ2n) is 3.46. The summed E-state index contributed by atoms with van der Waals surface area (Å²) in [5.74, 6) is 0. The maximum absolute atomic E-state index is 10.8. The monoisotopic (exact) mass is 229 g/mol. The number of benzene rings is 1. The van der Waals surface area contributed by atoms with Gasteiger partial charge in [0, 0.05) is 6.54 Å². The summed E-state index contributed by atoms with van der Waals surface area (Å²) in [7, 11) is -3.22. The fourth-order valence-electron chi connectivity index (χ4n) is 1.21. The molecule has 1 aromatic carbocycles.